The molecule has 0 aliphatic heterocycles. The summed E-state index contributed by atoms with van der Waals surface area (Å²) in [6.45, 7) is 3.78. The first-order chi connectivity index (χ1) is 8.61. The number of nitro groups is 1. The molecule has 0 N–H and O–H groups in total. The summed E-state index contributed by atoms with van der Waals surface area (Å²) in [6.07, 6.45) is 3.47. The van der Waals surface area contributed by atoms with Crippen LogP contribution in [-0.2, 0) is 6.54 Å². The van der Waals surface area contributed by atoms with Crippen molar-refractivity contribution in [3.05, 3.63) is 39.7 Å². The van der Waals surface area contributed by atoms with Crippen molar-refractivity contribution < 1.29 is 9.31 Å². The maximum atomic E-state index is 13.5. The molecule has 0 heterocycles. The summed E-state index contributed by atoms with van der Waals surface area (Å²) in [6, 6.07) is 4.79. The maximum Gasteiger partial charge on any atom is 0.304 e. The number of hydrogen-bond donors (Lipinski definition) is 0. The van der Waals surface area contributed by atoms with Crippen molar-refractivity contribution in [2.45, 2.75) is 38.8 Å². The first-order valence-electron chi connectivity index (χ1n) is 6.28. The van der Waals surface area contributed by atoms with E-state index in [4.69, 9.17) is 0 Å². The van der Waals surface area contributed by atoms with Crippen LogP contribution < -0.4 is 0 Å². The second-order valence-electron chi connectivity index (χ2n) is 4.74. The third kappa shape index (κ3) is 3.04. The molecule has 98 valence electrons. The Balaban J connectivity index is 2.08. The average Bonchev–Trinajstić information content (AvgIpc) is 3.11. The van der Waals surface area contributed by atoms with Crippen molar-refractivity contribution in [2.24, 2.45) is 0 Å². The van der Waals surface area contributed by atoms with Crippen LogP contribution in [0.3, 0.4) is 0 Å². The highest BCUT2D eigenvalue weighted by Crippen LogP contribution is 2.29. The normalized spacial score (nSPS) is 15.1. The highest BCUT2D eigenvalue weighted by molar-refractivity contribution is 5.35. The van der Waals surface area contributed by atoms with Gasteiger partial charge in [-0.2, -0.15) is 4.39 Å². The number of rotatable bonds is 6. The Morgan fingerprint density at radius 2 is 2.22 bits per heavy atom. The zero-order chi connectivity index (χ0) is 13.1. The molecule has 0 spiro atoms. The van der Waals surface area contributed by atoms with E-state index in [0.717, 1.165) is 18.5 Å². The van der Waals surface area contributed by atoms with E-state index in [9.17, 15) is 14.5 Å². The number of halogens is 1. The largest absolute Gasteiger partial charge is 0.304 e. The number of benzene rings is 1. The quantitative estimate of drug-likeness (QED) is 0.577. The van der Waals surface area contributed by atoms with Gasteiger partial charge in [-0.05, 0) is 37.4 Å². The molecular weight excluding hydrogens is 235 g/mol. The summed E-state index contributed by atoms with van der Waals surface area (Å²) in [7, 11) is 0. The van der Waals surface area contributed by atoms with Gasteiger partial charge in [0.2, 0.25) is 5.82 Å². The Morgan fingerprint density at radius 3 is 2.72 bits per heavy atom. The van der Waals surface area contributed by atoms with E-state index in [1.54, 1.807) is 6.07 Å². The molecule has 1 saturated carbocycles. The Hall–Kier alpha value is -1.49. The van der Waals surface area contributed by atoms with Crippen molar-refractivity contribution in [2.75, 3.05) is 6.54 Å². The van der Waals surface area contributed by atoms with Crippen LogP contribution in [0, 0.1) is 15.9 Å². The minimum atomic E-state index is -0.746. The Morgan fingerprint density at radius 1 is 1.50 bits per heavy atom. The molecule has 2 rings (SSSR count). The van der Waals surface area contributed by atoms with Crippen molar-refractivity contribution in [1.29, 1.82) is 0 Å². The van der Waals surface area contributed by atoms with Crippen LogP contribution in [0.2, 0.25) is 0 Å². The summed E-state index contributed by atoms with van der Waals surface area (Å²) in [4.78, 5) is 12.2. The third-order valence-electron chi connectivity index (χ3n) is 3.17. The molecule has 0 radical (unpaired) electrons. The van der Waals surface area contributed by atoms with Crippen LogP contribution in [0.25, 0.3) is 0 Å². The van der Waals surface area contributed by atoms with Crippen molar-refractivity contribution >= 4 is 5.69 Å². The minimum absolute atomic E-state index is 0.452. The lowest BCUT2D eigenvalue weighted by Gasteiger charge is -2.21. The van der Waals surface area contributed by atoms with Gasteiger partial charge in [0.15, 0.2) is 0 Å². The highest BCUT2D eigenvalue weighted by atomic mass is 19.1. The predicted molar refractivity (Wildman–Crippen MR) is 66.8 cm³/mol. The van der Waals surface area contributed by atoms with E-state index >= 15 is 0 Å². The van der Waals surface area contributed by atoms with Crippen LogP contribution in [0.1, 0.15) is 31.7 Å². The summed E-state index contributed by atoms with van der Waals surface area (Å²) < 4.78 is 13.5. The molecule has 0 unspecified atom stereocenters. The lowest BCUT2D eigenvalue weighted by Crippen LogP contribution is -2.26. The van der Waals surface area contributed by atoms with E-state index in [1.165, 1.54) is 25.0 Å². The lowest BCUT2D eigenvalue weighted by atomic mass is 10.2. The van der Waals surface area contributed by atoms with E-state index in [1.807, 2.05) is 0 Å². The fraction of sp³-hybridized carbons (Fsp3) is 0.538. The number of hydrogen-bond acceptors (Lipinski definition) is 3. The second-order valence-corrected chi connectivity index (χ2v) is 4.74. The van der Waals surface area contributed by atoms with Gasteiger partial charge in [-0.3, -0.25) is 15.0 Å². The molecule has 18 heavy (non-hydrogen) atoms. The van der Waals surface area contributed by atoms with Crippen LogP contribution in [0.5, 0.6) is 0 Å². The molecule has 0 amide bonds. The molecule has 1 aliphatic carbocycles. The average molecular weight is 252 g/mol. The van der Waals surface area contributed by atoms with Crippen LogP contribution in [-0.4, -0.2) is 22.4 Å². The zero-order valence-corrected chi connectivity index (χ0v) is 10.4. The Labute approximate surface area is 106 Å². The highest BCUT2D eigenvalue weighted by Gasteiger charge is 2.28. The molecule has 5 heteroatoms. The van der Waals surface area contributed by atoms with E-state index in [0.29, 0.717) is 12.6 Å². The minimum Gasteiger partial charge on any atom is -0.296 e. The summed E-state index contributed by atoms with van der Waals surface area (Å²) in [5.41, 5.74) is 0.352. The van der Waals surface area contributed by atoms with Gasteiger partial charge in [-0.15, -0.1) is 0 Å². The van der Waals surface area contributed by atoms with Gasteiger partial charge in [-0.25, -0.2) is 0 Å². The van der Waals surface area contributed by atoms with Crippen molar-refractivity contribution in [1.82, 2.24) is 4.90 Å². The molecule has 4 nitrogen and oxygen atoms in total. The fourth-order valence-corrected chi connectivity index (χ4v) is 2.15. The van der Waals surface area contributed by atoms with Crippen molar-refractivity contribution in [3.8, 4) is 0 Å². The van der Waals surface area contributed by atoms with Gasteiger partial charge in [0.1, 0.15) is 0 Å². The maximum absolute atomic E-state index is 13.5. The van der Waals surface area contributed by atoms with Gasteiger partial charge in [0.25, 0.3) is 0 Å². The summed E-state index contributed by atoms with van der Waals surface area (Å²) >= 11 is 0. The molecule has 1 aromatic rings. The summed E-state index contributed by atoms with van der Waals surface area (Å²) in [5.74, 6) is -0.746. The lowest BCUT2D eigenvalue weighted by molar-refractivity contribution is -0.387. The molecule has 0 aromatic heterocycles. The Bertz CT molecular complexity index is 447. The van der Waals surface area contributed by atoms with Gasteiger partial charge in [0, 0.05) is 18.7 Å². The van der Waals surface area contributed by atoms with Crippen LogP contribution >= 0.6 is 0 Å². The third-order valence-corrected chi connectivity index (χ3v) is 3.17. The van der Waals surface area contributed by atoms with E-state index in [2.05, 4.69) is 11.8 Å². The molecule has 1 fully saturated rings. The monoisotopic (exact) mass is 252 g/mol. The summed E-state index contributed by atoms with van der Waals surface area (Å²) in [5, 5.41) is 10.5. The molecular formula is C13H17FN2O2. The first kappa shape index (κ1) is 13.0. The molecule has 0 bridgehead atoms. The van der Waals surface area contributed by atoms with Gasteiger partial charge < -0.3 is 0 Å². The van der Waals surface area contributed by atoms with Gasteiger partial charge in [-0.1, -0.05) is 13.0 Å². The zero-order valence-electron chi connectivity index (χ0n) is 10.4. The molecule has 1 aliphatic rings. The van der Waals surface area contributed by atoms with Gasteiger partial charge >= 0.3 is 5.69 Å². The van der Waals surface area contributed by atoms with Crippen LogP contribution in [0.15, 0.2) is 18.2 Å². The Kier molecular flexibility index (Phi) is 3.91. The molecule has 0 saturated heterocycles. The van der Waals surface area contributed by atoms with Crippen molar-refractivity contribution in [3.63, 3.8) is 0 Å². The molecule has 0 atom stereocenters. The second kappa shape index (κ2) is 5.44. The van der Waals surface area contributed by atoms with E-state index < -0.39 is 16.4 Å². The predicted octanol–water partition coefficient (Wildman–Crippen LogP) is 3.11. The van der Waals surface area contributed by atoms with Crippen LogP contribution in [0.4, 0.5) is 10.1 Å². The number of nitro benzene ring substituents is 1. The van der Waals surface area contributed by atoms with Gasteiger partial charge in [0.05, 0.1) is 4.92 Å². The fourth-order valence-electron chi connectivity index (χ4n) is 2.15. The first-order valence-corrected chi connectivity index (χ1v) is 6.28. The van der Waals surface area contributed by atoms with E-state index in [-0.39, 0.29) is 0 Å². The SMILES string of the molecule is CCCN(Cc1ccc([N+](=O)[O-])c(F)c1)C1CC1. The topological polar surface area (TPSA) is 46.4 Å². The standard InChI is InChI=1S/C13H17FN2O2/c1-2-7-15(11-4-5-11)9-10-3-6-13(16(17)18)12(14)8-10/h3,6,8,11H,2,4-5,7,9H2,1H3. The smallest absolute Gasteiger partial charge is 0.296 e. The molecule has 1 aromatic carbocycles. The number of nitrogens with zero attached hydrogens (tertiary/aromatic N) is 2.